The number of oxazole rings is 1. The first-order valence-electron chi connectivity index (χ1n) is 6.66. The van der Waals surface area contributed by atoms with E-state index >= 15 is 0 Å². The highest BCUT2D eigenvalue weighted by Gasteiger charge is 2.05. The van der Waals surface area contributed by atoms with Gasteiger partial charge in [0.05, 0.1) is 11.1 Å². The largest absolute Gasteiger partial charge is 0.437 e. The van der Waals surface area contributed by atoms with E-state index in [1.54, 1.807) is 30.5 Å². The number of benzene rings is 2. The summed E-state index contributed by atoms with van der Waals surface area (Å²) in [6, 6.07) is 16.0. The van der Waals surface area contributed by atoms with Crippen molar-refractivity contribution in [2.45, 2.75) is 0 Å². The third-order valence-electron chi connectivity index (χ3n) is 3.08. The van der Waals surface area contributed by atoms with Crippen LogP contribution in [0.2, 0.25) is 0 Å². The molecule has 0 saturated heterocycles. The van der Waals surface area contributed by atoms with Gasteiger partial charge in [-0.25, -0.2) is 4.98 Å². The van der Waals surface area contributed by atoms with Crippen molar-refractivity contribution in [2.75, 3.05) is 0 Å². The van der Waals surface area contributed by atoms with Gasteiger partial charge >= 0.3 is 0 Å². The van der Waals surface area contributed by atoms with Gasteiger partial charge in [0.2, 0.25) is 5.89 Å². The van der Waals surface area contributed by atoms with Crippen LogP contribution in [0.25, 0.3) is 23.5 Å². The number of nitro benzene ring substituents is 1. The third kappa shape index (κ3) is 3.09. The van der Waals surface area contributed by atoms with E-state index in [-0.39, 0.29) is 5.69 Å². The second-order valence-electron chi connectivity index (χ2n) is 4.61. The van der Waals surface area contributed by atoms with Crippen LogP contribution in [0.5, 0.6) is 0 Å². The summed E-state index contributed by atoms with van der Waals surface area (Å²) < 4.78 is 5.64. The van der Waals surface area contributed by atoms with Crippen molar-refractivity contribution < 1.29 is 9.34 Å². The number of aromatic nitrogens is 1. The zero-order chi connectivity index (χ0) is 15.4. The van der Waals surface area contributed by atoms with Gasteiger partial charge in [-0.1, -0.05) is 42.5 Å². The van der Waals surface area contributed by atoms with E-state index in [0.29, 0.717) is 17.2 Å². The summed E-state index contributed by atoms with van der Waals surface area (Å²) >= 11 is 0. The molecule has 1 aromatic heterocycles. The highest BCUT2D eigenvalue weighted by molar-refractivity contribution is 5.68. The van der Waals surface area contributed by atoms with Crippen molar-refractivity contribution >= 4 is 17.8 Å². The number of hydrogen-bond donors (Lipinski definition) is 0. The maximum atomic E-state index is 10.7. The van der Waals surface area contributed by atoms with E-state index in [9.17, 15) is 10.1 Å². The van der Waals surface area contributed by atoms with E-state index in [1.165, 1.54) is 12.1 Å². The van der Waals surface area contributed by atoms with Gasteiger partial charge in [0.1, 0.15) is 0 Å². The zero-order valence-corrected chi connectivity index (χ0v) is 11.5. The molecule has 0 unspecified atom stereocenters. The Hall–Kier alpha value is -3.21. The van der Waals surface area contributed by atoms with Crippen LogP contribution in [0.3, 0.4) is 0 Å². The quantitative estimate of drug-likeness (QED) is 0.527. The molecule has 5 nitrogen and oxygen atoms in total. The summed E-state index contributed by atoms with van der Waals surface area (Å²) in [6.07, 6.45) is 5.07. The number of hydrogen-bond acceptors (Lipinski definition) is 4. The minimum absolute atomic E-state index is 0.0551. The highest BCUT2D eigenvalue weighted by Crippen LogP contribution is 2.21. The molecule has 3 rings (SSSR count). The molecule has 108 valence electrons. The van der Waals surface area contributed by atoms with E-state index in [1.807, 2.05) is 30.3 Å². The van der Waals surface area contributed by atoms with Crippen LogP contribution in [0.15, 0.2) is 65.2 Å². The summed E-state index contributed by atoms with van der Waals surface area (Å²) in [4.78, 5) is 14.5. The molecule has 0 saturated carbocycles. The van der Waals surface area contributed by atoms with Crippen molar-refractivity contribution in [2.24, 2.45) is 0 Å². The molecule has 0 fully saturated rings. The summed E-state index contributed by atoms with van der Waals surface area (Å²) in [6.45, 7) is 0. The van der Waals surface area contributed by atoms with Crippen molar-refractivity contribution in [1.29, 1.82) is 0 Å². The Morgan fingerprint density at radius 2 is 1.86 bits per heavy atom. The average Bonchev–Trinajstić information content (AvgIpc) is 3.03. The molecule has 0 bridgehead atoms. The van der Waals surface area contributed by atoms with Crippen LogP contribution in [0, 0.1) is 10.1 Å². The molecule has 0 N–H and O–H groups in total. The third-order valence-corrected chi connectivity index (χ3v) is 3.08. The van der Waals surface area contributed by atoms with E-state index in [2.05, 4.69) is 4.98 Å². The van der Waals surface area contributed by atoms with Gasteiger partial charge in [-0.2, -0.15) is 0 Å². The molecule has 0 aliphatic carbocycles. The second kappa shape index (κ2) is 6.05. The number of nitro groups is 1. The van der Waals surface area contributed by atoms with Crippen LogP contribution >= 0.6 is 0 Å². The van der Waals surface area contributed by atoms with Gasteiger partial charge in [-0.3, -0.25) is 10.1 Å². The fourth-order valence-electron chi connectivity index (χ4n) is 2.01. The summed E-state index contributed by atoms with van der Waals surface area (Å²) in [7, 11) is 0. The maximum Gasteiger partial charge on any atom is 0.270 e. The molecule has 0 aliphatic rings. The first kappa shape index (κ1) is 13.8. The Bertz CT molecular complexity index is 823. The average molecular weight is 292 g/mol. The van der Waals surface area contributed by atoms with Crippen molar-refractivity contribution in [3.63, 3.8) is 0 Å². The Morgan fingerprint density at radius 3 is 2.64 bits per heavy atom. The lowest BCUT2D eigenvalue weighted by Gasteiger charge is -1.94. The first-order valence-corrected chi connectivity index (χ1v) is 6.66. The van der Waals surface area contributed by atoms with E-state index in [0.717, 1.165) is 5.56 Å². The molecule has 2 aromatic carbocycles. The predicted molar refractivity (Wildman–Crippen MR) is 84.0 cm³/mol. The predicted octanol–water partition coefficient (Wildman–Crippen LogP) is 4.42. The SMILES string of the molecule is O=[N+]([O-])c1cccc(/C=C/c2ncc(-c3ccccc3)o2)c1. The van der Waals surface area contributed by atoms with Crippen molar-refractivity contribution in [3.8, 4) is 11.3 Å². The fourth-order valence-corrected chi connectivity index (χ4v) is 2.01. The Kier molecular flexibility index (Phi) is 3.78. The normalized spacial score (nSPS) is 10.9. The molecule has 0 aliphatic heterocycles. The molecule has 1 heterocycles. The fraction of sp³-hybridized carbons (Fsp3) is 0. The van der Waals surface area contributed by atoms with Gasteiger partial charge in [0.25, 0.3) is 5.69 Å². The smallest absolute Gasteiger partial charge is 0.270 e. The van der Waals surface area contributed by atoms with Gasteiger partial charge in [0, 0.05) is 23.8 Å². The van der Waals surface area contributed by atoms with Crippen molar-refractivity contribution in [3.05, 3.63) is 82.4 Å². The minimum atomic E-state index is -0.421. The topological polar surface area (TPSA) is 69.2 Å². The van der Waals surface area contributed by atoms with Gasteiger partial charge in [-0.05, 0) is 11.6 Å². The second-order valence-corrected chi connectivity index (χ2v) is 4.61. The number of nitrogens with zero attached hydrogens (tertiary/aromatic N) is 2. The lowest BCUT2D eigenvalue weighted by molar-refractivity contribution is -0.384. The summed E-state index contributed by atoms with van der Waals surface area (Å²) in [5.41, 5.74) is 1.72. The molecule has 0 radical (unpaired) electrons. The van der Waals surface area contributed by atoms with Gasteiger partial charge in [-0.15, -0.1) is 0 Å². The Labute approximate surface area is 126 Å². The van der Waals surface area contributed by atoms with Crippen LogP contribution in [0.1, 0.15) is 11.5 Å². The van der Waals surface area contributed by atoms with Crippen LogP contribution in [0.4, 0.5) is 5.69 Å². The van der Waals surface area contributed by atoms with Gasteiger partial charge in [0.15, 0.2) is 5.76 Å². The summed E-state index contributed by atoms with van der Waals surface area (Å²) in [5, 5.41) is 10.7. The standard InChI is InChI=1S/C17H12N2O3/c20-19(21)15-8-4-5-13(11-15)9-10-17-18-12-16(22-17)14-6-2-1-3-7-14/h1-12H/b10-9+. The highest BCUT2D eigenvalue weighted by atomic mass is 16.6. The monoisotopic (exact) mass is 292 g/mol. The maximum absolute atomic E-state index is 10.7. The lowest BCUT2D eigenvalue weighted by Crippen LogP contribution is -1.87. The van der Waals surface area contributed by atoms with Crippen LogP contribution in [-0.2, 0) is 0 Å². The molecule has 0 amide bonds. The lowest BCUT2D eigenvalue weighted by atomic mass is 10.2. The van der Waals surface area contributed by atoms with Crippen LogP contribution in [-0.4, -0.2) is 9.91 Å². The van der Waals surface area contributed by atoms with E-state index in [4.69, 9.17) is 4.42 Å². The molecule has 0 atom stereocenters. The molecule has 3 aromatic rings. The zero-order valence-electron chi connectivity index (χ0n) is 11.5. The first-order chi connectivity index (χ1) is 10.7. The number of non-ortho nitro benzene ring substituents is 1. The minimum Gasteiger partial charge on any atom is -0.437 e. The summed E-state index contributed by atoms with van der Waals surface area (Å²) in [5.74, 6) is 1.13. The molecular weight excluding hydrogens is 280 g/mol. The Balaban J connectivity index is 1.80. The number of rotatable bonds is 4. The Morgan fingerprint density at radius 1 is 1.05 bits per heavy atom. The molecule has 0 spiro atoms. The molecule has 5 heteroatoms. The van der Waals surface area contributed by atoms with Crippen LogP contribution < -0.4 is 0 Å². The van der Waals surface area contributed by atoms with Gasteiger partial charge < -0.3 is 4.42 Å². The molecular formula is C17H12N2O3. The van der Waals surface area contributed by atoms with E-state index < -0.39 is 4.92 Å². The molecule has 22 heavy (non-hydrogen) atoms. The van der Waals surface area contributed by atoms with Crippen molar-refractivity contribution in [1.82, 2.24) is 4.98 Å².